The molecule has 0 aliphatic rings. The molecule has 0 fully saturated rings. The van der Waals surface area contributed by atoms with Crippen LogP contribution in [0, 0.1) is 6.92 Å². The number of benzene rings is 1. The second kappa shape index (κ2) is 6.40. The summed E-state index contributed by atoms with van der Waals surface area (Å²) in [6, 6.07) is 7.56. The first kappa shape index (κ1) is 14.5. The molecule has 0 aliphatic heterocycles. The van der Waals surface area contributed by atoms with Crippen LogP contribution in [0.1, 0.15) is 25.8 Å². The zero-order valence-corrected chi connectivity index (χ0v) is 11.2. The highest BCUT2D eigenvalue weighted by atomic mass is 16.5. The van der Waals surface area contributed by atoms with Crippen LogP contribution in [0.15, 0.2) is 24.3 Å². The largest absolute Gasteiger partial charge is 0.484 e. The lowest BCUT2D eigenvalue weighted by molar-refractivity contribution is -0.124. The lowest BCUT2D eigenvalue weighted by Crippen LogP contribution is -2.46. The van der Waals surface area contributed by atoms with Crippen molar-refractivity contribution in [2.45, 2.75) is 32.7 Å². The van der Waals surface area contributed by atoms with Gasteiger partial charge in [-0.1, -0.05) is 12.1 Å². The van der Waals surface area contributed by atoms with Crippen LogP contribution in [0.3, 0.4) is 0 Å². The van der Waals surface area contributed by atoms with Gasteiger partial charge in [0.25, 0.3) is 5.91 Å². The molecule has 1 rings (SSSR count). The zero-order chi connectivity index (χ0) is 13.6. The third-order valence-electron chi connectivity index (χ3n) is 2.57. The summed E-state index contributed by atoms with van der Waals surface area (Å²) in [6.07, 6.45) is 0.517. The van der Waals surface area contributed by atoms with Crippen molar-refractivity contribution in [2.24, 2.45) is 0 Å². The van der Waals surface area contributed by atoms with Crippen molar-refractivity contribution in [3.05, 3.63) is 29.8 Å². The van der Waals surface area contributed by atoms with Gasteiger partial charge < -0.3 is 15.2 Å². The van der Waals surface area contributed by atoms with E-state index in [-0.39, 0.29) is 19.1 Å². The maximum absolute atomic E-state index is 11.7. The topological polar surface area (TPSA) is 58.6 Å². The standard InChI is InChI=1S/C14H21NO3/c1-11-5-4-6-12(9-11)18-10-13(17)15-14(2,3)7-8-16/h4-6,9,16H,7-8,10H2,1-3H3,(H,15,17). The summed E-state index contributed by atoms with van der Waals surface area (Å²) in [5, 5.41) is 11.7. The summed E-state index contributed by atoms with van der Waals surface area (Å²) in [6.45, 7) is 5.74. The summed E-state index contributed by atoms with van der Waals surface area (Å²) < 4.78 is 5.40. The van der Waals surface area contributed by atoms with Crippen LogP contribution >= 0.6 is 0 Å². The molecule has 100 valence electrons. The number of rotatable bonds is 6. The molecule has 0 saturated heterocycles. The van der Waals surface area contributed by atoms with Gasteiger partial charge in [0.2, 0.25) is 0 Å². The number of carbonyl (C=O) groups excluding carboxylic acids is 1. The number of aryl methyl sites for hydroxylation is 1. The highest BCUT2D eigenvalue weighted by Gasteiger charge is 2.19. The van der Waals surface area contributed by atoms with Gasteiger partial charge in [-0.15, -0.1) is 0 Å². The first-order valence-electron chi connectivity index (χ1n) is 6.04. The van der Waals surface area contributed by atoms with Crippen molar-refractivity contribution in [3.63, 3.8) is 0 Å². The summed E-state index contributed by atoms with van der Waals surface area (Å²) in [5.74, 6) is 0.500. The molecule has 0 heterocycles. The minimum atomic E-state index is -0.415. The Kier molecular flexibility index (Phi) is 5.16. The Morgan fingerprint density at radius 2 is 2.17 bits per heavy atom. The van der Waals surface area contributed by atoms with Gasteiger partial charge in [-0.05, 0) is 44.9 Å². The van der Waals surface area contributed by atoms with E-state index in [4.69, 9.17) is 9.84 Å². The van der Waals surface area contributed by atoms with Crippen molar-refractivity contribution in [1.29, 1.82) is 0 Å². The molecule has 0 aromatic heterocycles. The van der Waals surface area contributed by atoms with E-state index < -0.39 is 5.54 Å². The molecule has 0 bridgehead atoms. The molecule has 1 amide bonds. The Bertz CT molecular complexity index is 402. The fraction of sp³-hybridized carbons (Fsp3) is 0.500. The smallest absolute Gasteiger partial charge is 0.258 e. The average Bonchev–Trinajstić information content (AvgIpc) is 2.25. The first-order chi connectivity index (χ1) is 8.43. The minimum Gasteiger partial charge on any atom is -0.484 e. The molecular formula is C14H21NO3. The molecule has 18 heavy (non-hydrogen) atoms. The predicted molar refractivity (Wildman–Crippen MR) is 70.6 cm³/mol. The molecule has 0 atom stereocenters. The van der Waals surface area contributed by atoms with Crippen LogP contribution in [0.2, 0.25) is 0 Å². The lowest BCUT2D eigenvalue weighted by atomic mass is 10.0. The van der Waals surface area contributed by atoms with Gasteiger partial charge in [-0.25, -0.2) is 0 Å². The van der Waals surface area contributed by atoms with Gasteiger partial charge in [-0.2, -0.15) is 0 Å². The van der Waals surface area contributed by atoms with Crippen molar-refractivity contribution in [1.82, 2.24) is 5.32 Å². The number of nitrogens with one attached hydrogen (secondary N) is 1. The molecule has 0 radical (unpaired) electrons. The number of aliphatic hydroxyl groups excluding tert-OH is 1. The van der Waals surface area contributed by atoms with E-state index in [1.807, 2.05) is 45.0 Å². The molecular weight excluding hydrogens is 230 g/mol. The Labute approximate surface area is 108 Å². The molecule has 4 heteroatoms. The van der Waals surface area contributed by atoms with E-state index in [1.165, 1.54) is 0 Å². The molecule has 0 spiro atoms. The van der Waals surface area contributed by atoms with Crippen molar-refractivity contribution >= 4 is 5.91 Å². The Morgan fingerprint density at radius 1 is 1.44 bits per heavy atom. The highest BCUT2D eigenvalue weighted by Crippen LogP contribution is 2.12. The summed E-state index contributed by atoms with van der Waals surface area (Å²) in [4.78, 5) is 11.7. The fourth-order valence-corrected chi connectivity index (χ4v) is 1.61. The SMILES string of the molecule is Cc1cccc(OCC(=O)NC(C)(C)CCO)c1. The number of hydrogen-bond donors (Lipinski definition) is 2. The van der Waals surface area contributed by atoms with Crippen LogP contribution in [0.25, 0.3) is 0 Å². The number of ether oxygens (including phenoxy) is 1. The van der Waals surface area contributed by atoms with Gasteiger partial charge in [0.05, 0.1) is 0 Å². The lowest BCUT2D eigenvalue weighted by Gasteiger charge is -2.25. The molecule has 2 N–H and O–H groups in total. The summed E-state index contributed by atoms with van der Waals surface area (Å²) >= 11 is 0. The third-order valence-corrected chi connectivity index (χ3v) is 2.57. The highest BCUT2D eigenvalue weighted by molar-refractivity contribution is 5.78. The van der Waals surface area contributed by atoms with Crippen molar-refractivity contribution < 1.29 is 14.6 Å². The van der Waals surface area contributed by atoms with E-state index in [0.29, 0.717) is 12.2 Å². The van der Waals surface area contributed by atoms with E-state index >= 15 is 0 Å². The quantitative estimate of drug-likeness (QED) is 0.808. The molecule has 0 unspecified atom stereocenters. The Balaban J connectivity index is 2.42. The van der Waals surface area contributed by atoms with Gasteiger partial charge in [0, 0.05) is 12.1 Å². The Morgan fingerprint density at radius 3 is 2.78 bits per heavy atom. The van der Waals surface area contributed by atoms with E-state index in [1.54, 1.807) is 0 Å². The van der Waals surface area contributed by atoms with Crippen LogP contribution in [0.5, 0.6) is 5.75 Å². The third kappa shape index (κ3) is 5.19. The monoisotopic (exact) mass is 251 g/mol. The summed E-state index contributed by atoms with van der Waals surface area (Å²) in [5.41, 5.74) is 0.676. The maximum atomic E-state index is 11.7. The molecule has 1 aromatic rings. The van der Waals surface area contributed by atoms with Crippen LogP contribution < -0.4 is 10.1 Å². The van der Waals surface area contributed by atoms with Crippen LogP contribution in [-0.2, 0) is 4.79 Å². The second-order valence-corrected chi connectivity index (χ2v) is 5.01. The molecule has 0 saturated carbocycles. The fourth-order valence-electron chi connectivity index (χ4n) is 1.61. The average molecular weight is 251 g/mol. The molecule has 1 aromatic carbocycles. The zero-order valence-electron chi connectivity index (χ0n) is 11.2. The van der Waals surface area contributed by atoms with E-state index in [9.17, 15) is 4.79 Å². The molecule has 0 aliphatic carbocycles. The minimum absolute atomic E-state index is 0.0156. The second-order valence-electron chi connectivity index (χ2n) is 5.01. The van der Waals surface area contributed by atoms with Gasteiger partial charge >= 0.3 is 0 Å². The number of amides is 1. The van der Waals surface area contributed by atoms with Crippen molar-refractivity contribution in [2.75, 3.05) is 13.2 Å². The number of hydrogen-bond acceptors (Lipinski definition) is 3. The Hall–Kier alpha value is -1.55. The normalized spacial score (nSPS) is 11.1. The number of aliphatic hydroxyl groups is 1. The van der Waals surface area contributed by atoms with Crippen molar-refractivity contribution in [3.8, 4) is 5.75 Å². The first-order valence-corrected chi connectivity index (χ1v) is 6.04. The van der Waals surface area contributed by atoms with Gasteiger partial charge in [-0.3, -0.25) is 4.79 Å². The van der Waals surface area contributed by atoms with Crippen LogP contribution in [0.4, 0.5) is 0 Å². The van der Waals surface area contributed by atoms with E-state index in [0.717, 1.165) is 5.56 Å². The predicted octanol–water partition coefficient (Wildman–Crippen LogP) is 1.65. The van der Waals surface area contributed by atoms with Gasteiger partial charge in [0.15, 0.2) is 6.61 Å². The summed E-state index contributed by atoms with van der Waals surface area (Å²) in [7, 11) is 0. The maximum Gasteiger partial charge on any atom is 0.258 e. The van der Waals surface area contributed by atoms with Gasteiger partial charge in [0.1, 0.15) is 5.75 Å². The number of carbonyl (C=O) groups is 1. The van der Waals surface area contributed by atoms with E-state index in [2.05, 4.69) is 5.32 Å². The van der Waals surface area contributed by atoms with Crippen LogP contribution in [-0.4, -0.2) is 29.8 Å². The molecule has 4 nitrogen and oxygen atoms in total.